The van der Waals surface area contributed by atoms with Gasteiger partial charge in [0, 0.05) is 37.5 Å². The zero-order chi connectivity index (χ0) is 20.9. The Balaban J connectivity index is 1.51. The van der Waals surface area contributed by atoms with Crippen LogP contribution in [0, 0.1) is 0 Å². The highest BCUT2D eigenvalue weighted by atomic mass is 16.3. The summed E-state index contributed by atoms with van der Waals surface area (Å²) in [6.07, 6.45) is 6.94. The topological polar surface area (TPSA) is 43.8 Å². The summed E-state index contributed by atoms with van der Waals surface area (Å²) >= 11 is 0. The van der Waals surface area contributed by atoms with Crippen LogP contribution in [0.15, 0.2) is 54.6 Å². The van der Waals surface area contributed by atoms with Crippen LogP contribution >= 0.6 is 0 Å². The Morgan fingerprint density at radius 2 is 1.67 bits per heavy atom. The largest absolute Gasteiger partial charge is 0.395 e. The van der Waals surface area contributed by atoms with E-state index in [1.54, 1.807) is 0 Å². The summed E-state index contributed by atoms with van der Waals surface area (Å²) in [5, 5.41) is 10.1. The first-order chi connectivity index (χ1) is 14.7. The lowest BCUT2D eigenvalue weighted by Gasteiger charge is -2.57. The second-order valence-corrected chi connectivity index (χ2v) is 8.39. The van der Waals surface area contributed by atoms with E-state index >= 15 is 0 Å². The first-order valence-corrected chi connectivity index (χ1v) is 11.2. The fourth-order valence-corrected chi connectivity index (χ4v) is 4.98. The van der Waals surface area contributed by atoms with Crippen molar-refractivity contribution in [2.75, 3.05) is 26.2 Å². The molecule has 0 radical (unpaired) electrons. The number of amides is 1. The van der Waals surface area contributed by atoms with Gasteiger partial charge in [-0.15, -0.1) is 0 Å². The highest BCUT2D eigenvalue weighted by Crippen LogP contribution is 2.42. The first-order valence-electron chi connectivity index (χ1n) is 11.2. The minimum atomic E-state index is 0.150. The van der Waals surface area contributed by atoms with Gasteiger partial charge in [0.2, 0.25) is 5.91 Å². The number of rotatable bonds is 5. The van der Waals surface area contributed by atoms with Crippen LogP contribution in [0.4, 0.5) is 0 Å². The van der Waals surface area contributed by atoms with Crippen LogP contribution in [0.5, 0.6) is 0 Å². The number of hydrogen-bond donors (Lipinski definition) is 1. The Morgan fingerprint density at radius 3 is 2.33 bits per heavy atom. The van der Waals surface area contributed by atoms with Gasteiger partial charge >= 0.3 is 0 Å². The van der Waals surface area contributed by atoms with Gasteiger partial charge in [-0.1, -0.05) is 73.7 Å². The third-order valence-electron chi connectivity index (χ3n) is 6.61. The smallest absolute Gasteiger partial charge is 0.222 e. The van der Waals surface area contributed by atoms with Crippen molar-refractivity contribution in [2.45, 2.75) is 44.2 Å². The highest BCUT2D eigenvalue weighted by Gasteiger charge is 2.49. The average Bonchev–Trinajstić information content (AvgIpc) is 2.77. The van der Waals surface area contributed by atoms with E-state index in [0.29, 0.717) is 12.5 Å². The molecule has 4 rings (SSSR count). The first kappa shape index (κ1) is 20.8. The molecule has 30 heavy (non-hydrogen) atoms. The minimum absolute atomic E-state index is 0.150. The Kier molecular flexibility index (Phi) is 6.66. The van der Waals surface area contributed by atoms with Crippen molar-refractivity contribution in [3.05, 3.63) is 71.3 Å². The van der Waals surface area contributed by atoms with E-state index in [0.717, 1.165) is 32.5 Å². The predicted molar refractivity (Wildman–Crippen MR) is 122 cm³/mol. The van der Waals surface area contributed by atoms with Crippen molar-refractivity contribution < 1.29 is 9.90 Å². The summed E-state index contributed by atoms with van der Waals surface area (Å²) in [4.78, 5) is 16.8. The fourth-order valence-electron chi connectivity index (χ4n) is 4.98. The molecule has 2 aliphatic heterocycles. The second kappa shape index (κ2) is 9.59. The Labute approximate surface area is 179 Å². The van der Waals surface area contributed by atoms with E-state index in [4.69, 9.17) is 0 Å². The lowest BCUT2D eigenvalue weighted by molar-refractivity contribution is -0.136. The van der Waals surface area contributed by atoms with Gasteiger partial charge < -0.3 is 10.0 Å². The number of nitrogens with zero attached hydrogens (tertiary/aromatic N) is 2. The van der Waals surface area contributed by atoms with E-state index in [9.17, 15) is 9.90 Å². The average molecular weight is 405 g/mol. The highest BCUT2D eigenvalue weighted by molar-refractivity contribution is 5.76. The van der Waals surface area contributed by atoms with Crippen LogP contribution in [0.2, 0.25) is 0 Å². The molecular formula is C26H32N2O2. The maximum Gasteiger partial charge on any atom is 0.222 e. The van der Waals surface area contributed by atoms with Crippen molar-refractivity contribution in [3.8, 4) is 0 Å². The minimum Gasteiger partial charge on any atom is -0.395 e. The Bertz CT molecular complexity index is 862. The molecule has 0 aliphatic carbocycles. The molecule has 0 spiro atoms. The van der Waals surface area contributed by atoms with E-state index < -0.39 is 0 Å². The molecule has 0 aromatic heterocycles. The van der Waals surface area contributed by atoms with Gasteiger partial charge in [-0.3, -0.25) is 9.69 Å². The lowest BCUT2D eigenvalue weighted by Crippen LogP contribution is -2.67. The third kappa shape index (κ3) is 4.35. The summed E-state index contributed by atoms with van der Waals surface area (Å²) in [6, 6.07) is 19.4. The molecule has 4 nitrogen and oxygen atoms in total. The molecule has 2 aliphatic rings. The predicted octanol–water partition coefficient (Wildman–Crippen LogP) is 4.02. The summed E-state index contributed by atoms with van der Waals surface area (Å²) < 4.78 is 0. The van der Waals surface area contributed by atoms with Gasteiger partial charge in [0.1, 0.15) is 0 Å². The van der Waals surface area contributed by atoms with Gasteiger partial charge in [0.05, 0.1) is 6.61 Å². The van der Waals surface area contributed by atoms with E-state index in [1.807, 2.05) is 30.0 Å². The third-order valence-corrected chi connectivity index (χ3v) is 6.61. The van der Waals surface area contributed by atoms with E-state index in [2.05, 4.69) is 53.5 Å². The van der Waals surface area contributed by atoms with Gasteiger partial charge in [-0.05, 0) is 36.1 Å². The molecule has 2 fully saturated rings. The molecule has 0 bridgehead atoms. The van der Waals surface area contributed by atoms with E-state index in [-0.39, 0.29) is 24.5 Å². The summed E-state index contributed by atoms with van der Waals surface area (Å²) in [5.74, 6) is 0.511. The molecule has 2 saturated heterocycles. The number of aliphatic hydroxyl groups is 1. The maximum atomic E-state index is 12.4. The van der Waals surface area contributed by atoms with Crippen molar-refractivity contribution in [1.29, 1.82) is 0 Å². The molecule has 2 heterocycles. The SMILES string of the molecule is CCC(=O)N1CCCCN2[C@H](CO)[C@@H](c3ccc(/C=C/c4ccccc4)cc3)[C@H]2C1. The summed E-state index contributed by atoms with van der Waals surface area (Å²) in [6.45, 7) is 4.74. The van der Waals surface area contributed by atoms with Crippen molar-refractivity contribution in [3.63, 3.8) is 0 Å². The number of benzene rings is 2. The number of carbonyl (C=O) groups excluding carboxylic acids is 1. The maximum absolute atomic E-state index is 12.4. The Morgan fingerprint density at radius 1 is 1.00 bits per heavy atom. The zero-order valence-electron chi connectivity index (χ0n) is 17.8. The van der Waals surface area contributed by atoms with Crippen LogP contribution in [0.3, 0.4) is 0 Å². The number of fused-ring (bicyclic) bond motifs is 1. The molecule has 3 atom stereocenters. The van der Waals surface area contributed by atoms with Crippen LogP contribution in [-0.4, -0.2) is 59.1 Å². The van der Waals surface area contributed by atoms with Gasteiger partial charge in [-0.2, -0.15) is 0 Å². The van der Waals surface area contributed by atoms with E-state index in [1.165, 1.54) is 16.7 Å². The molecule has 1 amide bonds. The summed E-state index contributed by atoms with van der Waals surface area (Å²) in [7, 11) is 0. The molecule has 0 unspecified atom stereocenters. The number of carbonyl (C=O) groups is 1. The standard InChI is InChI=1S/C26H32N2O2/c1-2-25(30)27-16-6-7-17-28-23(18-27)26(24(28)19-29)22-14-12-21(13-15-22)11-10-20-8-4-3-5-9-20/h3-5,8-15,23-24,26,29H,2,6-7,16-19H2,1H3/b11-10+/t23-,24-,26+/m1/s1. The van der Waals surface area contributed by atoms with Gasteiger partial charge in [0.15, 0.2) is 0 Å². The van der Waals surface area contributed by atoms with Crippen molar-refractivity contribution >= 4 is 18.1 Å². The molecule has 0 saturated carbocycles. The van der Waals surface area contributed by atoms with Crippen molar-refractivity contribution in [2.24, 2.45) is 0 Å². The second-order valence-electron chi connectivity index (χ2n) is 8.39. The lowest BCUT2D eigenvalue weighted by atomic mass is 9.74. The molecule has 158 valence electrons. The number of aliphatic hydroxyl groups excluding tert-OH is 1. The molecule has 2 aromatic carbocycles. The van der Waals surface area contributed by atoms with Crippen LogP contribution in [0.1, 0.15) is 48.8 Å². The molecule has 2 aromatic rings. The van der Waals surface area contributed by atoms with Crippen molar-refractivity contribution in [1.82, 2.24) is 9.80 Å². The van der Waals surface area contributed by atoms with Crippen LogP contribution < -0.4 is 0 Å². The van der Waals surface area contributed by atoms with Crippen LogP contribution in [-0.2, 0) is 4.79 Å². The normalized spacial score (nSPS) is 24.7. The van der Waals surface area contributed by atoms with Crippen LogP contribution in [0.25, 0.3) is 12.2 Å². The van der Waals surface area contributed by atoms with Gasteiger partial charge in [0.25, 0.3) is 0 Å². The molecule has 4 heteroatoms. The van der Waals surface area contributed by atoms with Gasteiger partial charge in [-0.25, -0.2) is 0 Å². The summed E-state index contributed by atoms with van der Waals surface area (Å²) in [5.41, 5.74) is 3.61. The number of hydrogen-bond acceptors (Lipinski definition) is 3. The molecular weight excluding hydrogens is 372 g/mol. The zero-order valence-corrected chi connectivity index (χ0v) is 17.8. The quantitative estimate of drug-likeness (QED) is 0.766. The monoisotopic (exact) mass is 404 g/mol. The fraction of sp³-hybridized carbons (Fsp3) is 0.423. The molecule has 1 N–H and O–H groups in total. The Hall–Kier alpha value is -2.43.